The SMILES string of the molecule is CN=C(NCCCC(=O)NC1CC1)N1CCN(c2ccc(F)cc2)CC1.I. The topological polar surface area (TPSA) is 60.0 Å². The molecule has 1 aliphatic heterocycles. The maximum atomic E-state index is 13.1. The lowest BCUT2D eigenvalue weighted by molar-refractivity contribution is -0.121. The summed E-state index contributed by atoms with van der Waals surface area (Å²) in [6.07, 6.45) is 3.60. The van der Waals surface area contributed by atoms with Crippen LogP contribution in [-0.2, 0) is 4.79 Å². The lowest BCUT2D eigenvalue weighted by Crippen LogP contribution is -2.52. The first-order chi connectivity index (χ1) is 12.7. The van der Waals surface area contributed by atoms with Gasteiger partial charge in [-0.3, -0.25) is 9.79 Å². The Morgan fingerprint density at radius 1 is 1.19 bits per heavy atom. The predicted octanol–water partition coefficient (Wildman–Crippen LogP) is 2.20. The number of carbonyl (C=O) groups is 1. The number of amides is 1. The number of aliphatic imine (C=N–C) groups is 1. The van der Waals surface area contributed by atoms with E-state index < -0.39 is 0 Å². The van der Waals surface area contributed by atoms with E-state index in [0.29, 0.717) is 12.5 Å². The largest absolute Gasteiger partial charge is 0.368 e. The number of hydrogen-bond acceptors (Lipinski definition) is 3. The highest BCUT2D eigenvalue weighted by atomic mass is 127. The van der Waals surface area contributed by atoms with E-state index in [1.54, 1.807) is 7.05 Å². The quantitative estimate of drug-likeness (QED) is 0.279. The van der Waals surface area contributed by atoms with Crippen molar-refractivity contribution < 1.29 is 9.18 Å². The Morgan fingerprint density at radius 3 is 2.44 bits per heavy atom. The maximum Gasteiger partial charge on any atom is 0.220 e. The highest BCUT2D eigenvalue weighted by Crippen LogP contribution is 2.19. The molecule has 6 nitrogen and oxygen atoms in total. The maximum absolute atomic E-state index is 13.1. The van der Waals surface area contributed by atoms with Crippen molar-refractivity contribution in [2.75, 3.05) is 44.7 Å². The van der Waals surface area contributed by atoms with Crippen LogP contribution < -0.4 is 15.5 Å². The van der Waals surface area contributed by atoms with Crippen LogP contribution in [0.5, 0.6) is 0 Å². The summed E-state index contributed by atoms with van der Waals surface area (Å²) < 4.78 is 13.1. The van der Waals surface area contributed by atoms with Crippen molar-refractivity contribution in [2.24, 2.45) is 4.99 Å². The zero-order valence-corrected chi connectivity index (χ0v) is 18.1. The van der Waals surface area contributed by atoms with Crippen molar-refractivity contribution in [2.45, 2.75) is 31.7 Å². The number of rotatable bonds is 6. The highest BCUT2D eigenvalue weighted by Gasteiger charge is 2.23. The third-order valence-corrected chi connectivity index (χ3v) is 4.79. The fourth-order valence-electron chi connectivity index (χ4n) is 3.14. The molecule has 1 aromatic rings. The van der Waals surface area contributed by atoms with Gasteiger partial charge in [0.1, 0.15) is 5.82 Å². The van der Waals surface area contributed by atoms with Gasteiger partial charge in [-0.25, -0.2) is 4.39 Å². The fraction of sp³-hybridized carbons (Fsp3) is 0.579. The minimum atomic E-state index is -0.206. The monoisotopic (exact) mass is 489 g/mol. The number of anilines is 1. The summed E-state index contributed by atoms with van der Waals surface area (Å²) in [7, 11) is 1.79. The average molecular weight is 489 g/mol. The number of benzene rings is 1. The fourth-order valence-corrected chi connectivity index (χ4v) is 3.14. The molecule has 150 valence electrons. The molecular weight excluding hydrogens is 460 g/mol. The van der Waals surface area contributed by atoms with Gasteiger partial charge in [0.2, 0.25) is 5.91 Å². The lowest BCUT2D eigenvalue weighted by Gasteiger charge is -2.37. The van der Waals surface area contributed by atoms with E-state index >= 15 is 0 Å². The molecule has 8 heteroatoms. The summed E-state index contributed by atoms with van der Waals surface area (Å²) >= 11 is 0. The van der Waals surface area contributed by atoms with Crippen molar-refractivity contribution in [3.8, 4) is 0 Å². The molecule has 3 rings (SSSR count). The third kappa shape index (κ3) is 6.82. The molecule has 1 amide bonds. The molecule has 2 fully saturated rings. The van der Waals surface area contributed by atoms with Crippen molar-refractivity contribution in [1.82, 2.24) is 15.5 Å². The summed E-state index contributed by atoms with van der Waals surface area (Å²) in [5, 5.41) is 6.36. The number of nitrogens with one attached hydrogen (secondary N) is 2. The molecule has 1 saturated carbocycles. The normalized spacial score (nSPS) is 17.3. The molecule has 1 aliphatic carbocycles. The Balaban J connectivity index is 0.00000261. The predicted molar refractivity (Wildman–Crippen MR) is 117 cm³/mol. The van der Waals surface area contributed by atoms with E-state index in [4.69, 9.17) is 0 Å². The second-order valence-corrected chi connectivity index (χ2v) is 6.87. The molecule has 1 saturated heterocycles. The molecule has 0 aromatic heterocycles. The Morgan fingerprint density at radius 2 is 1.85 bits per heavy atom. The highest BCUT2D eigenvalue weighted by molar-refractivity contribution is 14.0. The van der Waals surface area contributed by atoms with Crippen LogP contribution in [0.4, 0.5) is 10.1 Å². The molecule has 0 unspecified atom stereocenters. The minimum absolute atomic E-state index is 0. The third-order valence-electron chi connectivity index (χ3n) is 4.79. The van der Waals surface area contributed by atoms with Crippen molar-refractivity contribution in [3.05, 3.63) is 30.1 Å². The number of carbonyl (C=O) groups excluding carboxylic acids is 1. The van der Waals surface area contributed by atoms with Crippen LogP contribution in [0.25, 0.3) is 0 Å². The van der Waals surface area contributed by atoms with Crippen molar-refractivity contribution in [1.29, 1.82) is 0 Å². The molecule has 1 aromatic carbocycles. The van der Waals surface area contributed by atoms with E-state index in [0.717, 1.165) is 63.6 Å². The van der Waals surface area contributed by atoms with Gasteiger partial charge in [0, 0.05) is 57.9 Å². The van der Waals surface area contributed by atoms with Crippen LogP contribution in [-0.4, -0.2) is 62.6 Å². The lowest BCUT2D eigenvalue weighted by atomic mass is 10.2. The molecule has 0 spiro atoms. The van der Waals surface area contributed by atoms with E-state index in [2.05, 4.69) is 25.4 Å². The standard InChI is InChI=1S/C19H28FN5O.HI/c1-21-19(22-10-2-3-18(26)23-16-6-7-16)25-13-11-24(12-14-25)17-8-4-15(20)5-9-17;/h4-5,8-9,16H,2-3,6-7,10-14H2,1H3,(H,21,22)(H,23,26);1H. The molecule has 2 aliphatic rings. The van der Waals surface area contributed by atoms with Crippen LogP contribution in [0.1, 0.15) is 25.7 Å². The van der Waals surface area contributed by atoms with Crippen LogP contribution in [0.2, 0.25) is 0 Å². The second kappa shape index (κ2) is 10.7. The smallest absolute Gasteiger partial charge is 0.220 e. The minimum Gasteiger partial charge on any atom is -0.368 e. The molecule has 0 radical (unpaired) electrons. The number of nitrogens with zero attached hydrogens (tertiary/aromatic N) is 3. The first-order valence-corrected chi connectivity index (χ1v) is 9.41. The van der Waals surface area contributed by atoms with Crippen LogP contribution in [0.3, 0.4) is 0 Å². The Hall–Kier alpha value is -1.58. The van der Waals surface area contributed by atoms with Gasteiger partial charge in [-0.2, -0.15) is 0 Å². The number of guanidine groups is 1. The van der Waals surface area contributed by atoms with Gasteiger partial charge < -0.3 is 20.4 Å². The van der Waals surface area contributed by atoms with Gasteiger partial charge >= 0.3 is 0 Å². The summed E-state index contributed by atoms with van der Waals surface area (Å²) in [6.45, 7) is 4.20. The van der Waals surface area contributed by atoms with E-state index in [1.165, 1.54) is 12.1 Å². The number of halogens is 2. The average Bonchev–Trinajstić information content (AvgIpc) is 3.47. The molecule has 27 heavy (non-hydrogen) atoms. The van der Waals surface area contributed by atoms with Crippen LogP contribution in [0, 0.1) is 5.82 Å². The summed E-state index contributed by atoms with van der Waals surface area (Å²) in [4.78, 5) is 20.5. The van der Waals surface area contributed by atoms with Gasteiger partial charge in [-0.05, 0) is 43.5 Å². The number of piperazine rings is 1. The summed E-state index contributed by atoms with van der Waals surface area (Å²) in [5.74, 6) is 0.825. The van der Waals surface area contributed by atoms with Gasteiger partial charge in [0.05, 0.1) is 0 Å². The van der Waals surface area contributed by atoms with Crippen LogP contribution >= 0.6 is 24.0 Å². The van der Waals surface area contributed by atoms with Crippen LogP contribution in [0.15, 0.2) is 29.3 Å². The van der Waals surface area contributed by atoms with E-state index in [1.807, 2.05) is 12.1 Å². The molecule has 2 N–H and O–H groups in total. The van der Waals surface area contributed by atoms with Crippen molar-refractivity contribution >= 4 is 41.5 Å². The molecular formula is C19H29FIN5O. The Labute approximate surface area is 177 Å². The van der Waals surface area contributed by atoms with E-state index in [-0.39, 0.29) is 35.7 Å². The Bertz CT molecular complexity index is 627. The van der Waals surface area contributed by atoms with Gasteiger partial charge in [0.25, 0.3) is 0 Å². The molecule has 1 heterocycles. The van der Waals surface area contributed by atoms with Gasteiger partial charge in [-0.15, -0.1) is 24.0 Å². The Kier molecular flexibility index (Phi) is 8.59. The van der Waals surface area contributed by atoms with Gasteiger partial charge in [0.15, 0.2) is 5.96 Å². The van der Waals surface area contributed by atoms with Crippen molar-refractivity contribution in [3.63, 3.8) is 0 Å². The first-order valence-electron chi connectivity index (χ1n) is 9.41. The zero-order valence-electron chi connectivity index (χ0n) is 15.8. The van der Waals surface area contributed by atoms with E-state index in [9.17, 15) is 9.18 Å². The number of hydrogen-bond donors (Lipinski definition) is 2. The zero-order chi connectivity index (χ0) is 18.4. The summed E-state index contributed by atoms with van der Waals surface area (Å²) in [5.41, 5.74) is 1.05. The molecule has 0 bridgehead atoms. The van der Waals surface area contributed by atoms with Gasteiger partial charge in [-0.1, -0.05) is 0 Å². The summed E-state index contributed by atoms with van der Waals surface area (Å²) in [6, 6.07) is 7.08. The first kappa shape index (κ1) is 21.7. The molecule has 0 atom stereocenters. The second-order valence-electron chi connectivity index (χ2n) is 6.87.